The molecule has 0 aromatic heterocycles. The summed E-state index contributed by atoms with van der Waals surface area (Å²) in [6.45, 7) is 10.5. The smallest absolute Gasteiger partial charge is 0.264 e. The van der Waals surface area contributed by atoms with E-state index in [0.717, 1.165) is 21.0 Å². The fraction of sp³-hybridized carbons (Fsp3) is 0.355. The van der Waals surface area contributed by atoms with Gasteiger partial charge in [0.15, 0.2) is 0 Å². The molecule has 0 fully saturated rings. The van der Waals surface area contributed by atoms with Crippen molar-refractivity contribution >= 4 is 50.7 Å². The Morgan fingerprint density at radius 2 is 1.61 bits per heavy atom. The number of nitrogens with one attached hydrogen (secondary N) is 1. The zero-order valence-corrected chi connectivity index (χ0v) is 26.6. The predicted octanol–water partition coefficient (Wildman–Crippen LogP) is 6.45. The molecule has 0 unspecified atom stereocenters. The lowest BCUT2D eigenvalue weighted by Gasteiger charge is -2.33. The number of benzene rings is 3. The van der Waals surface area contributed by atoms with Crippen LogP contribution in [-0.2, 0) is 26.2 Å². The summed E-state index contributed by atoms with van der Waals surface area (Å²) in [5.41, 5.74) is 3.48. The molecule has 220 valence electrons. The first-order chi connectivity index (χ1) is 19.3. The van der Waals surface area contributed by atoms with E-state index in [1.165, 1.54) is 17.0 Å². The van der Waals surface area contributed by atoms with Gasteiger partial charge in [-0.2, -0.15) is 0 Å². The lowest BCUT2D eigenvalue weighted by Crippen LogP contribution is -2.52. The molecule has 3 rings (SSSR count). The van der Waals surface area contributed by atoms with E-state index in [1.807, 2.05) is 40.7 Å². The maximum Gasteiger partial charge on any atom is 0.264 e. The molecule has 0 saturated heterocycles. The van der Waals surface area contributed by atoms with Gasteiger partial charge in [0, 0.05) is 22.6 Å². The van der Waals surface area contributed by atoms with Crippen LogP contribution in [0.3, 0.4) is 0 Å². The topological polar surface area (TPSA) is 86.8 Å². The fourth-order valence-corrected chi connectivity index (χ4v) is 6.18. The van der Waals surface area contributed by atoms with Gasteiger partial charge in [-0.25, -0.2) is 8.42 Å². The van der Waals surface area contributed by atoms with E-state index < -0.39 is 28.5 Å². The lowest BCUT2D eigenvalue weighted by molar-refractivity contribution is -0.139. The first-order valence-electron chi connectivity index (χ1n) is 13.5. The predicted molar refractivity (Wildman–Crippen MR) is 166 cm³/mol. The van der Waals surface area contributed by atoms with E-state index in [4.69, 9.17) is 23.2 Å². The average Bonchev–Trinajstić information content (AvgIpc) is 2.92. The molecule has 0 aliphatic rings. The van der Waals surface area contributed by atoms with Crippen molar-refractivity contribution in [2.24, 2.45) is 0 Å². The normalized spacial score (nSPS) is 12.9. The summed E-state index contributed by atoms with van der Waals surface area (Å²) in [4.78, 5) is 28.7. The molecule has 3 aromatic carbocycles. The second-order valence-corrected chi connectivity index (χ2v) is 13.0. The van der Waals surface area contributed by atoms with Gasteiger partial charge in [0.1, 0.15) is 12.6 Å². The third kappa shape index (κ3) is 7.82. The van der Waals surface area contributed by atoms with Crippen molar-refractivity contribution in [1.82, 2.24) is 10.2 Å². The third-order valence-corrected chi connectivity index (χ3v) is 9.62. The number of amides is 2. The van der Waals surface area contributed by atoms with Gasteiger partial charge < -0.3 is 10.2 Å². The standard InChI is InChI=1S/C31H37Cl2N3O4S/c1-7-22(4)34-31(38)24(6)35(18-25-13-14-26(32)17-28(25)33)30(37)19-36(29-10-8-9-21(3)23(29)5)41(39,40)27-15-11-20(2)12-16-27/h8-17,22,24H,7,18-19H2,1-6H3,(H,34,38)/t22-,24+/m0/s1. The van der Waals surface area contributed by atoms with Crippen molar-refractivity contribution in [3.05, 3.63) is 93.0 Å². The molecule has 0 radical (unpaired) electrons. The van der Waals surface area contributed by atoms with Gasteiger partial charge >= 0.3 is 0 Å². The molecule has 0 bridgehead atoms. The summed E-state index contributed by atoms with van der Waals surface area (Å²) < 4.78 is 29.2. The Hall–Kier alpha value is -3.07. The number of hydrogen-bond acceptors (Lipinski definition) is 4. The van der Waals surface area contributed by atoms with Crippen LogP contribution in [0.15, 0.2) is 65.6 Å². The summed E-state index contributed by atoms with van der Waals surface area (Å²) in [6.07, 6.45) is 0.713. The zero-order chi connectivity index (χ0) is 30.5. The number of aryl methyl sites for hydroxylation is 2. The van der Waals surface area contributed by atoms with Crippen LogP contribution >= 0.6 is 23.2 Å². The summed E-state index contributed by atoms with van der Waals surface area (Å²) in [5, 5.41) is 3.69. The van der Waals surface area contributed by atoms with Gasteiger partial charge in [0.05, 0.1) is 10.6 Å². The minimum Gasteiger partial charge on any atom is -0.352 e. The van der Waals surface area contributed by atoms with Gasteiger partial charge in [-0.1, -0.05) is 66.0 Å². The molecule has 0 aliphatic heterocycles. The number of nitrogens with zero attached hydrogens (tertiary/aromatic N) is 2. The van der Waals surface area contributed by atoms with Crippen LogP contribution in [-0.4, -0.2) is 43.8 Å². The monoisotopic (exact) mass is 617 g/mol. The van der Waals surface area contributed by atoms with E-state index in [-0.39, 0.29) is 23.4 Å². The molecule has 7 nitrogen and oxygen atoms in total. The van der Waals surface area contributed by atoms with Crippen molar-refractivity contribution in [1.29, 1.82) is 0 Å². The number of anilines is 1. The highest BCUT2D eigenvalue weighted by atomic mass is 35.5. The Labute approximate surface area is 253 Å². The maximum absolute atomic E-state index is 14.1. The Kier molecular flexibility index (Phi) is 10.9. The molecule has 2 amide bonds. The van der Waals surface area contributed by atoms with Crippen LogP contribution in [0.1, 0.15) is 49.4 Å². The van der Waals surface area contributed by atoms with Gasteiger partial charge in [-0.05, 0) is 88.1 Å². The van der Waals surface area contributed by atoms with Crippen molar-refractivity contribution in [2.75, 3.05) is 10.8 Å². The molecule has 3 aromatic rings. The molecular formula is C31H37Cl2N3O4S. The van der Waals surface area contributed by atoms with Gasteiger partial charge in [0.2, 0.25) is 11.8 Å². The Bertz CT molecular complexity index is 1510. The SMILES string of the molecule is CC[C@H](C)NC(=O)[C@@H](C)N(Cc1ccc(Cl)cc1Cl)C(=O)CN(c1cccc(C)c1C)S(=O)(=O)c1ccc(C)cc1. The van der Waals surface area contributed by atoms with Gasteiger partial charge in [-0.3, -0.25) is 13.9 Å². The van der Waals surface area contributed by atoms with Crippen molar-refractivity contribution in [2.45, 2.75) is 71.5 Å². The molecule has 10 heteroatoms. The summed E-state index contributed by atoms with van der Waals surface area (Å²) in [5.74, 6) is -0.906. The van der Waals surface area contributed by atoms with E-state index >= 15 is 0 Å². The summed E-state index contributed by atoms with van der Waals surface area (Å²) in [7, 11) is -4.15. The quantitative estimate of drug-likeness (QED) is 0.268. The van der Waals surface area contributed by atoms with Crippen molar-refractivity contribution in [3.8, 4) is 0 Å². The van der Waals surface area contributed by atoms with Crippen LogP contribution in [0.25, 0.3) is 0 Å². The van der Waals surface area contributed by atoms with Gasteiger partial charge in [-0.15, -0.1) is 0 Å². The average molecular weight is 619 g/mol. The number of carbonyl (C=O) groups excluding carboxylic acids is 2. The van der Waals surface area contributed by atoms with Crippen LogP contribution in [0.2, 0.25) is 10.0 Å². The number of halogens is 2. The van der Waals surface area contributed by atoms with Crippen LogP contribution in [0.4, 0.5) is 5.69 Å². The molecule has 41 heavy (non-hydrogen) atoms. The summed E-state index contributed by atoms with van der Waals surface area (Å²) >= 11 is 12.5. The molecule has 1 N–H and O–H groups in total. The molecule has 2 atom stereocenters. The summed E-state index contributed by atoms with van der Waals surface area (Å²) in [6, 6.07) is 15.7. The zero-order valence-electron chi connectivity index (χ0n) is 24.2. The second kappa shape index (κ2) is 13.7. The Morgan fingerprint density at radius 3 is 2.22 bits per heavy atom. The number of hydrogen-bond donors (Lipinski definition) is 1. The second-order valence-electron chi connectivity index (χ2n) is 10.3. The minimum atomic E-state index is -4.15. The molecule has 0 saturated carbocycles. The Balaban J connectivity index is 2.09. The fourth-order valence-electron chi connectivity index (χ4n) is 4.24. The van der Waals surface area contributed by atoms with E-state index in [1.54, 1.807) is 49.4 Å². The highest BCUT2D eigenvalue weighted by molar-refractivity contribution is 7.92. The lowest BCUT2D eigenvalue weighted by atomic mass is 10.1. The van der Waals surface area contributed by atoms with E-state index in [9.17, 15) is 18.0 Å². The first kappa shape index (κ1) is 32.4. The molecule has 0 spiro atoms. The third-order valence-electron chi connectivity index (χ3n) is 7.26. The highest BCUT2D eigenvalue weighted by Crippen LogP contribution is 2.30. The van der Waals surface area contributed by atoms with E-state index in [2.05, 4.69) is 5.32 Å². The number of sulfonamides is 1. The maximum atomic E-state index is 14.1. The van der Waals surface area contributed by atoms with Crippen molar-refractivity contribution < 1.29 is 18.0 Å². The first-order valence-corrected chi connectivity index (χ1v) is 15.6. The van der Waals surface area contributed by atoms with Gasteiger partial charge in [0.25, 0.3) is 10.0 Å². The van der Waals surface area contributed by atoms with Crippen LogP contribution < -0.4 is 9.62 Å². The van der Waals surface area contributed by atoms with Crippen LogP contribution in [0.5, 0.6) is 0 Å². The number of rotatable bonds is 11. The highest BCUT2D eigenvalue weighted by Gasteiger charge is 2.33. The van der Waals surface area contributed by atoms with Crippen molar-refractivity contribution in [3.63, 3.8) is 0 Å². The minimum absolute atomic E-state index is 0.0187. The van der Waals surface area contributed by atoms with Crippen LogP contribution in [0, 0.1) is 20.8 Å². The Morgan fingerprint density at radius 1 is 0.951 bits per heavy atom. The number of carbonyl (C=O) groups is 2. The molecule has 0 aliphatic carbocycles. The molecule has 0 heterocycles. The molecular weight excluding hydrogens is 581 g/mol. The van der Waals surface area contributed by atoms with E-state index in [0.29, 0.717) is 27.7 Å². The largest absolute Gasteiger partial charge is 0.352 e.